The van der Waals surface area contributed by atoms with Crippen LogP contribution in [0, 0.1) is 75.0 Å². The van der Waals surface area contributed by atoms with Crippen molar-refractivity contribution in [3.63, 3.8) is 0 Å². The van der Waals surface area contributed by atoms with E-state index in [1.807, 2.05) is 32.1 Å². The van der Waals surface area contributed by atoms with Gasteiger partial charge in [-0.25, -0.2) is 0 Å². The fourth-order valence-corrected chi connectivity index (χ4v) is 5.97. The molecule has 0 saturated heterocycles. The van der Waals surface area contributed by atoms with Gasteiger partial charge in [-0.3, -0.25) is 0 Å². The largest absolute Gasteiger partial charge is 2.00 e. The molecule has 3 rings (SSSR count). The van der Waals surface area contributed by atoms with E-state index in [0.29, 0.717) is 11.8 Å². The Bertz CT molecular complexity index is 413. The van der Waals surface area contributed by atoms with Crippen LogP contribution in [-0.2, 0) is 21.5 Å². The molecule has 0 aromatic rings. The maximum atomic E-state index is 10.1. The predicted octanol–water partition coefficient (Wildman–Crippen LogP) is 5.21. The molecule has 0 aromatic carbocycles. The Morgan fingerprint density at radius 3 is 2.07 bits per heavy atom. The van der Waals surface area contributed by atoms with Gasteiger partial charge in [0.2, 0.25) is 0 Å². The van der Waals surface area contributed by atoms with Crippen LogP contribution in [0.15, 0.2) is 0 Å². The van der Waals surface area contributed by atoms with Gasteiger partial charge < -0.3 is 9.53 Å². The number of hydrogen-bond donors (Lipinski definition) is 1. The molecule has 3 aliphatic carbocycles. The summed E-state index contributed by atoms with van der Waals surface area (Å²) in [5, 5.41) is 10.3. The van der Waals surface area contributed by atoms with Crippen molar-refractivity contribution in [1.82, 2.24) is 0 Å². The minimum absolute atomic E-state index is 0. The molecule has 0 aromatic heterocycles. The Labute approximate surface area is 181 Å². The molecule has 2 nitrogen and oxygen atoms in total. The molecular weight excluding hydrogens is 392 g/mol. The Morgan fingerprint density at radius 2 is 1.56 bits per heavy atom. The maximum Gasteiger partial charge on any atom is 2.00 e. The van der Waals surface area contributed by atoms with Crippen molar-refractivity contribution < 1.29 is 26.6 Å². The first kappa shape index (κ1) is 25.7. The summed E-state index contributed by atoms with van der Waals surface area (Å²) in [4.78, 5) is 0. The van der Waals surface area contributed by atoms with Crippen LogP contribution in [-0.4, -0.2) is 26.1 Å². The molecule has 150 valence electrons. The molecule has 0 amide bonds. The Morgan fingerprint density at radius 1 is 1.04 bits per heavy atom. The molecule has 3 fully saturated rings. The van der Waals surface area contributed by atoms with Gasteiger partial charge in [0.15, 0.2) is 8.32 Å². The van der Waals surface area contributed by atoms with E-state index < -0.39 is 8.32 Å². The van der Waals surface area contributed by atoms with Crippen LogP contribution >= 0.6 is 0 Å². The summed E-state index contributed by atoms with van der Waals surface area (Å²) in [6.45, 7) is 14.8. The average Bonchev–Trinajstić information content (AvgIpc) is 3.29. The van der Waals surface area contributed by atoms with E-state index in [0.717, 1.165) is 25.4 Å². The second kappa shape index (κ2) is 11.2. The molecule has 1 N–H and O–H groups in total. The Kier molecular flexibility index (Phi) is 10.6. The average molecular weight is 428 g/mol. The van der Waals surface area contributed by atoms with Gasteiger partial charge in [-0.15, -0.1) is 0 Å². The molecule has 10 radical (unpaired) electrons. The Hall–Kier alpha value is 0.656. The van der Waals surface area contributed by atoms with Crippen molar-refractivity contribution in [2.45, 2.75) is 64.8 Å². The van der Waals surface area contributed by atoms with Crippen LogP contribution < -0.4 is 0 Å². The summed E-state index contributed by atoms with van der Waals surface area (Å²) >= 11 is 0. The zero-order chi connectivity index (χ0) is 19.4. The molecule has 4 heteroatoms. The first-order valence-corrected chi connectivity index (χ1v) is 12.8. The fourth-order valence-electron chi connectivity index (χ4n) is 3.58. The van der Waals surface area contributed by atoms with Crippen LogP contribution in [0.5, 0.6) is 0 Å². The zero-order valence-corrected chi connectivity index (χ0v) is 19.8. The zero-order valence-electron chi connectivity index (χ0n) is 17.7. The van der Waals surface area contributed by atoms with E-state index in [-0.39, 0.29) is 28.2 Å². The molecule has 0 bridgehead atoms. The van der Waals surface area contributed by atoms with Gasteiger partial charge in [-0.05, 0) is 100 Å². The van der Waals surface area contributed by atoms with Crippen molar-refractivity contribution in [3.8, 4) is 0 Å². The third kappa shape index (κ3) is 6.57. The third-order valence-corrected chi connectivity index (χ3v) is 11.3. The van der Waals surface area contributed by atoms with Crippen molar-refractivity contribution >= 4 is 8.32 Å². The van der Waals surface area contributed by atoms with Crippen LogP contribution in [0.1, 0.15) is 40.5 Å². The number of aliphatic hydroxyl groups is 1. The van der Waals surface area contributed by atoms with Gasteiger partial charge in [-0.2, -0.15) is 0 Å². The first-order valence-electron chi connectivity index (χ1n) is 9.91. The van der Waals surface area contributed by atoms with Crippen molar-refractivity contribution in [3.05, 3.63) is 63.2 Å². The Balaban J connectivity index is 0.000000526. The molecule has 0 spiro atoms. The standard InChI is InChI=1S/C18H31O2Si.C5H5.Fe/c1-13(2)18(3,4)21(5,6)20-11-10-14-12-17(19)16-9-7-8-15(14)16;1-2-4-5-3-1;/h7-9,13-14,17,19H,10-12H2,1-6H3;1-5H;/q;;+2/t14-,17+;;/m1../s1. The maximum absolute atomic E-state index is 10.1. The molecular formula is C23H36FeO2Si+2. The molecule has 3 saturated carbocycles. The van der Waals surface area contributed by atoms with E-state index in [2.05, 4.69) is 60.1 Å². The molecule has 3 aliphatic rings. The topological polar surface area (TPSA) is 29.5 Å². The second-order valence-electron chi connectivity index (χ2n) is 8.87. The summed E-state index contributed by atoms with van der Waals surface area (Å²) in [6, 6.07) is 0. The van der Waals surface area contributed by atoms with E-state index in [1.165, 1.54) is 5.92 Å². The van der Waals surface area contributed by atoms with Gasteiger partial charge >= 0.3 is 17.1 Å². The molecule has 0 heterocycles. The summed E-state index contributed by atoms with van der Waals surface area (Å²) in [5.41, 5.74) is 0. The van der Waals surface area contributed by atoms with Gasteiger partial charge in [0.1, 0.15) is 0 Å². The fraction of sp³-hybridized carbons (Fsp3) is 0.565. The van der Waals surface area contributed by atoms with Crippen molar-refractivity contribution in [1.29, 1.82) is 0 Å². The van der Waals surface area contributed by atoms with E-state index >= 15 is 0 Å². The number of fused-ring (bicyclic) bond motifs is 1. The SMILES string of the molecule is CC(C)C(C)(C)[Si](C)(C)OCC[C@@H]1C[C@H](O)[C]2[CH][CH][CH][C]21.[CH]1[CH][CH][CH][CH]1.[Fe+2]. The summed E-state index contributed by atoms with van der Waals surface area (Å²) in [7, 11) is -1.72. The van der Waals surface area contributed by atoms with Crippen molar-refractivity contribution in [2.75, 3.05) is 6.61 Å². The summed E-state index contributed by atoms with van der Waals surface area (Å²) in [5.74, 6) is 3.58. The number of rotatable bonds is 6. The minimum atomic E-state index is -1.72. The van der Waals surface area contributed by atoms with E-state index in [4.69, 9.17) is 4.43 Å². The molecule has 0 unspecified atom stereocenters. The van der Waals surface area contributed by atoms with E-state index in [1.54, 1.807) is 0 Å². The van der Waals surface area contributed by atoms with Crippen molar-refractivity contribution in [2.24, 2.45) is 11.8 Å². The van der Waals surface area contributed by atoms with Gasteiger partial charge in [-0.1, -0.05) is 27.7 Å². The van der Waals surface area contributed by atoms with Crippen LogP contribution in [0.3, 0.4) is 0 Å². The molecule has 27 heavy (non-hydrogen) atoms. The minimum Gasteiger partial charge on any atom is -0.417 e. The quantitative estimate of drug-likeness (QED) is 0.589. The number of aliphatic hydroxyl groups excluding tert-OH is 1. The van der Waals surface area contributed by atoms with Crippen LogP contribution in [0.4, 0.5) is 0 Å². The summed E-state index contributed by atoms with van der Waals surface area (Å²) in [6.07, 6.45) is 17.9. The monoisotopic (exact) mass is 428 g/mol. The second-order valence-corrected chi connectivity index (χ2v) is 13.5. The van der Waals surface area contributed by atoms with Gasteiger partial charge in [0.05, 0.1) is 6.10 Å². The number of hydrogen-bond acceptors (Lipinski definition) is 2. The van der Waals surface area contributed by atoms with Gasteiger partial charge in [0.25, 0.3) is 0 Å². The van der Waals surface area contributed by atoms with Gasteiger partial charge in [0, 0.05) is 12.5 Å². The smallest absolute Gasteiger partial charge is 0.417 e. The van der Waals surface area contributed by atoms with E-state index in [9.17, 15) is 5.11 Å². The molecule has 0 aliphatic heterocycles. The summed E-state index contributed by atoms with van der Waals surface area (Å²) < 4.78 is 6.40. The van der Waals surface area contributed by atoms with Crippen LogP contribution in [0.2, 0.25) is 18.1 Å². The third-order valence-electron chi connectivity index (χ3n) is 6.67. The predicted molar refractivity (Wildman–Crippen MR) is 112 cm³/mol. The van der Waals surface area contributed by atoms with Crippen LogP contribution in [0.25, 0.3) is 0 Å². The first-order chi connectivity index (χ1) is 12.2. The normalized spacial score (nSPS) is 26.7. The molecule has 2 atom stereocenters.